The third-order valence-corrected chi connectivity index (χ3v) is 4.85. The topological polar surface area (TPSA) is 106 Å². The molecule has 1 atom stereocenters. The van der Waals surface area contributed by atoms with Crippen LogP contribution in [0.3, 0.4) is 0 Å². The molecule has 7 nitrogen and oxygen atoms in total. The molecule has 4 N–H and O–H groups in total. The number of anilines is 1. The van der Waals surface area contributed by atoms with Gasteiger partial charge in [-0.1, -0.05) is 11.6 Å². The number of hydrogen-bond acceptors (Lipinski definition) is 6. The van der Waals surface area contributed by atoms with Gasteiger partial charge in [0.15, 0.2) is 5.82 Å². The number of nitrogens with two attached hydrogens (primary N) is 1. The van der Waals surface area contributed by atoms with Gasteiger partial charge < -0.3 is 10.2 Å². The van der Waals surface area contributed by atoms with Crippen LogP contribution in [0.4, 0.5) is 5.82 Å². The van der Waals surface area contributed by atoms with Crippen molar-refractivity contribution in [2.75, 3.05) is 25.2 Å². The van der Waals surface area contributed by atoms with Gasteiger partial charge in [-0.05, 0) is 24.8 Å². The van der Waals surface area contributed by atoms with E-state index in [-0.39, 0.29) is 15.7 Å². The Morgan fingerprint density at radius 1 is 1.55 bits per heavy atom. The Bertz CT molecular complexity index is 561. The fourth-order valence-electron chi connectivity index (χ4n) is 1.97. The molecule has 112 valence electrons. The maximum atomic E-state index is 12.1. The smallest absolute Gasteiger partial charge is 0.242 e. The zero-order valence-electron chi connectivity index (χ0n) is 10.8. The number of nitrogen functional groups attached to an aromatic ring is 1. The first kappa shape index (κ1) is 15.5. The highest BCUT2D eigenvalue weighted by molar-refractivity contribution is 7.89. The van der Waals surface area contributed by atoms with E-state index in [9.17, 15) is 8.42 Å². The van der Waals surface area contributed by atoms with Gasteiger partial charge in [0, 0.05) is 26.0 Å². The lowest BCUT2D eigenvalue weighted by molar-refractivity contribution is 0.184. The summed E-state index contributed by atoms with van der Waals surface area (Å²) in [5, 5.41) is 0.152. The van der Waals surface area contributed by atoms with Crippen LogP contribution in [0.25, 0.3) is 0 Å². The van der Waals surface area contributed by atoms with Gasteiger partial charge in [-0.2, -0.15) is 0 Å². The van der Waals surface area contributed by atoms with Crippen LogP contribution in [0.5, 0.6) is 0 Å². The Hall–Kier alpha value is -0.930. The molecule has 1 fully saturated rings. The van der Waals surface area contributed by atoms with Crippen LogP contribution in [-0.4, -0.2) is 33.2 Å². The number of hydrazine groups is 1. The molecule has 1 aliphatic heterocycles. The Kier molecular flexibility index (Phi) is 5.17. The highest BCUT2D eigenvalue weighted by atomic mass is 35.5. The second kappa shape index (κ2) is 6.68. The average molecular weight is 321 g/mol. The summed E-state index contributed by atoms with van der Waals surface area (Å²) in [6, 6.07) is 1.31. The Morgan fingerprint density at radius 3 is 2.95 bits per heavy atom. The number of rotatable bonds is 6. The molecule has 1 aromatic heterocycles. The Morgan fingerprint density at radius 2 is 2.35 bits per heavy atom. The van der Waals surface area contributed by atoms with E-state index in [1.54, 1.807) is 0 Å². The minimum absolute atomic E-state index is 0.0178. The minimum atomic E-state index is -3.61. The normalized spacial score (nSPS) is 19.2. The molecular formula is C11H17ClN4O3S. The maximum Gasteiger partial charge on any atom is 0.242 e. The molecular weight excluding hydrogens is 304 g/mol. The Balaban J connectivity index is 1.96. The quantitative estimate of drug-likeness (QED) is 0.527. The summed E-state index contributed by atoms with van der Waals surface area (Å²) >= 11 is 5.86. The van der Waals surface area contributed by atoms with Crippen LogP contribution in [0.2, 0.25) is 5.02 Å². The van der Waals surface area contributed by atoms with E-state index in [1.807, 2.05) is 0 Å². The first-order valence-corrected chi connectivity index (χ1v) is 8.08. The molecule has 0 aliphatic carbocycles. The summed E-state index contributed by atoms with van der Waals surface area (Å²) in [7, 11) is -3.61. The van der Waals surface area contributed by atoms with E-state index in [1.165, 1.54) is 12.3 Å². The number of halogens is 1. The molecule has 1 unspecified atom stereocenters. The van der Waals surface area contributed by atoms with Gasteiger partial charge in [-0.15, -0.1) is 0 Å². The number of nitrogens with one attached hydrogen (secondary N) is 2. The van der Waals surface area contributed by atoms with Crippen molar-refractivity contribution in [2.45, 2.75) is 17.7 Å². The molecule has 20 heavy (non-hydrogen) atoms. The van der Waals surface area contributed by atoms with E-state index >= 15 is 0 Å². The van der Waals surface area contributed by atoms with Gasteiger partial charge in [-0.25, -0.2) is 24.0 Å². The van der Waals surface area contributed by atoms with Crippen LogP contribution in [-0.2, 0) is 14.8 Å². The van der Waals surface area contributed by atoms with Gasteiger partial charge in [-0.3, -0.25) is 0 Å². The minimum Gasteiger partial charge on any atom is -0.381 e. The fourth-order valence-corrected chi connectivity index (χ4v) is 3.27. The first-order valence-electron chi connectivity index (χ1n) is 6.22. The average Bonchev–Trinajstić information content (AvgIpc) is 2.91. The van der Waals surface area contributed by atoms with Gasteiger partial charge in [0.05, 0.1) is 5.02 Å². The molecule has 0 aromatic carbocycles. The van der Waals surface area contributed by atoms with Crippen LogP contribution in [0.15, 0.2) is 17.2 Å². The number of ether oxygens (including phenoxy) is 1. The molecule has 0 saturated carbocycles. The highest BCUT2D eigenvalue weighted by Crippen LogP contribution is 2.21. The van der Waals surface area contributed by atoms with Gasteiger partial charge >= 0.3 is 0 Å². The zero-order chi connectivity index (χ0) is 14.6. The number of hydrogen-bond donors (Lipinski definition) is 3. The Labute approximate surface area is 122 Å². The van der Waals surface area contributed by atoms with Crippen molar-refractivity contribution in [3.8, 4) is 0 Å². The van der Waals surface area contributed by atoms with Crippen LogP contribution >= 0.6 is 11.6 Å². The van der Waals surface area contributed by atoms with Gasteiger partial charge in [0.2, 0.25) is 10.0 Å². The highest BCUT2D eigenvalue weighted by Gasteiger charge is 2.19. The van der Waals surface area contributed by atoms with Crippen molar-refractivity contribution < 1.29 is 13.2 Å². The summed E-state index contributed by atoms with van der Waals surface area (Å²) in [4.78, 5) is 3.86. The second-order valence-corrected chi connectivity index (χ2v) is 6.74. The van der Waals surface area contributed by atoms with Crippen LogP contribution in [0, 0.1) is 5.92 Å². The number of nitrogens with zero attached hydrogens (tertiary/aromatic N) is 1. The molecule has 0 amide bonds. The molecule has 1 aliphatic rings. The van der Waals surface area contributed by atoms with E-state index in [0.29, 0.717) is 19.1 Å². The van der Waals surface area contributed by atoms with E-state index < -0.39 is 10.0 Å². The van der Waals surface area contributed by atoms with E-state index in [0.717, 1.165) is 19.4 Å². The third kappa shape index (κ3) is 3.80. The standard InChI is InChI=1S/C11H17ClN4O3S/c12-10-5-9(6-14-11(10)16-13)20(17,18)15-3-1-8-2-4-19-7-8/h5-6,8,15H,1-4,7,13H2,(H,14,16). The van der Waals surface area contributed by atoms with Crippen molar-refractivity contribution in [3.05, 3.63) is 17.3 Å². The largest absolute Gasteiger partial charge is 0.381 e. The number of pyridine rings is 1. The zero-order valence-corrected chi connectivity index (χ0v) is 12.4. The van der Waals surface area contributed by atoms with Gasteiger partial charge in [0.1, 0.15) is 4.90 Å². The van der Waals surface area contributed by atoms with Crippen molar-refractivity contribution >= 4 is 27.4 Å². The molecule has 0 bridgehead atoms. The summed E-state index contributed by atoms with van der Waals surface area (Å²) in [6.45, 7) is 1.82. The first-order chi connectivity index (χ1) is 9.53. The van der Waals surface area contributed by atoms with Crippen LogP contribution in [0.1, 0.15) is 12.8 Å². The van der Waals surface area contributed by atoms with E-state index in [4.69, 9.17) is 22.2 Å². The monoisotopic (exact) mass is 320 g/mol. The molecule has 0 spiro atoms. The van der Waals surface area contributed by atoms with Crippen molar-refractivity contribution in [1.29, 1.82) is 0 Å². The molecule has 0 radical (unpaired) electrons. The number of sulfonamides is 1. The SMILES string of the molecule is NNc1ncc(S(=O)(=O)NCCC2CCOC2)cc1Cl. The molecule has 2 rings (SSSR count). The number of aromatic nitrogens is 1. The summed E-state index contributed by atoms with van der Waals surface area (Å²) < 4.78 is 31.9. The van der Waals surface area contributed by atoms with E-state index in [2.05, 4.69) is 15.1 Å². The maximum absolute atomic E-state index is 12.1. The lowest BCUT2D eigenvalue weighted by Crippen LogP contribution is -2.26. The summed E-state index contributed by atoms with van der Waals surface area (Å²) in [6.07, 6.45) is 2.94. The summed E-state index contributed by atoms with van der Waals surface area (Å²) in [5.74, 6) is 5.84. The molecule has 2 heterocycles. The molecule has 1 aromatic rings. The third-order valence-electron chi connectivity index (χ3n) is 3.13. The van der Waals surface area contributed by atoms with Crippen molar-refractivity contribution in [1.82, 2.24) is 9.71 Å². The van der Waals surface area contributed by atoms with Crippen LogP contribution < -0.4 is 16.0 Å². The predicted octanol–water partition coefficient (Wildman–Crippen LogP) is 0.725. The van der Waals surface area contributed by atoms with Gasteiger partial charge in [0.25, 0.3) is 0 Å². The molecule has 9 heteroatoms. The fraction of sp³-hybridized carbons (Fsp3) is 0.545. The summed E-state index contributed by atoms with van der Waals surface area (Å²) in [5.41, 5.74) is 2.28. The second-order valence-electron chi connectivity index (χ2n) is 4.56. The predicted molar refractivity (Wildman–Crippen MR) is 75.8 cm³/mol. The van der Waals surface area contributed by atoms with Crippen molar-refractivity contribution in [3.63, 3.8) is 0 Å². The van der Waals surface area contributed by atoms with Crippen molar-refractivity contribution in [2.24, 2.45) is 11.8 Å². The molecule has 1 saturated heterocycles. The lowest BCUT2D eigenvalue weighted by atomic mass is 10.1. The lowest BCUT2D eigenvalue weighted by Gasteiger charge is -2.10.